The number of methoxy groups -OCH3 is 1. The number of benzene rings is 1. The maximum Gasteiger partial charge on any atom is 0.304 e. The number of primary sulfonamides is 1. The van der Waals surface area contributed by atoms with Crippen LogP contribution in [-0.2, 0) is 24.8 Å². The van der Waals surface area contributed by atoms with Gasteiger partial charge in [0.25, 0.3) is 0 Å². The zero-order valence-corrected chi connectivity index (χ0v) is 12.6. The Labute approximate surface area is 121 Å². The van der Waals surface area contributed by atoms with E-state index in [0.717, 1.165) is 12.1 Å². The van der Waals surface area contributed by atoms with Crippen LogP contribution in [0.25, 0.3) is 0 Å². The molecular weight excluding hydrogens is 324 g/mol. The van der Waals surface area contributed by atoms with Crippen molar-refractivity contribution in [2.45, 2.75) is 11.3 Å². The van der Waals surface area contributed by atoms with E-state index in [-0.39, 0.29) is 16.3 Å². The van der Waals surface area contributed by atoms with E-state index in [1.165, 1.54) is 13.2 Å². The Balaban J connectivity index is 3.14. The number of sulfonamides is 2. The molecule has 0 heterocycles. The van der Waals surface area contributed by atoms with Crippen LogP contribution in [0.1, 0.15) is 6.42 Å². The van der Waals surface area contributed by atoms with Gasteiger partial charge in [0.15, 0.2) is 0 Å². The molecule has 0 radical (unpaired) electrons. The maximum atomic E-state index is 11.7. The van der Waals surface area contributed by atoms with E-state index >= 15 is 0 Å². The molecular formula is C10H14N2O7S2. The minimum absolute atomic E-state index is 0.0706. The molecule has 11 heteroatoms. The van der Waals surface area contributed by atoms with Crippen LogP contribution in [0.4, 0.5) is 5.69 Å². The third-order valence-corrected chi connectivity index (χ3v) is 4.53. The lowest BCUT2D eigenvalue weighted by Gasteiger charge is -2.12. The van der Waals surface area contributed by atoms with Gasteiger partial charge in [0.1, 0.15) is 5.75 Å². The highest BCUT2D eigenvalue weighted by molar-refractivity contribution is 7.92. The number of nitrogens with one attached hydrogen (secondary N) is 1. The van der Waals surface area contributed by atoms with Crippen molar-refractivity contribution in [2.75, 3.05) is 17.6 Å². The number of carboxylic acids is 1. The molecule has 0 fully saturated rings. The first kappa shape index (κ1) is 17.2. The van der Waals surface area contributed by atoms with Crippen LogP contribution in [-0.4, -0.2) is 40.8 Å². The van der Waals surface area contributed by atoms with Gasteiger partial charge in [-0.3, -0.25) is 9.52 Å². The molecule has 0 aromatic heterocycles. The summed E-state index contributed by atoms with van der Waals surface area (Å²) in [7, 11) is -6.72. The quantitative estimate of drug-likeness (QED) is 0.609. The predicted octanol–water partition coefficient (Wildman–Crippen LogP) is -0.441. The Morgan fingerprint density at radius 1 is 1.33 bits per heavy atom. The molecule has 1 rings (SSSR count). The van der Waals surface area contributed by atoms with E-state index in [2.05, 4.69) is 4.72 Å². The Morgan fingerprint density at radius 3 is 2.43 bits per heavy atom. The van der Waals surface area contributed by atoms with Gasteiger partial charge in [-0.25, -0.2) is 22.0 Å². The van der Waals surface area contributed by atoms with Crippen LogP contribution in [0.5, 0.6) is 5.75 Å². The number of aliphatic carboxylic acids is 1. The fraction of sp³-hybridized carbons (Fsp3) is 0.300. The van der Waals surface area contributed by atoms with Gasteiger partial charge < -0.3 is 9.84 Å². The smallest absolute Gasteiger partial charge is 0.304 e. The van der Waals surface area contributed by atoms with Crippen LogP contribution in [0, 0.1) is 0 Å². The molecule has 1 aromatic carbocycles. The first-order valence-electron chi connectivity index (χ1n) is 5.48. The molecule has 0 amide bonds. The third kappa shape index (κ3) is 5.21. The largest absolute Gasteiger partial charge is 0.495 e. The summed E-state index contributed by atoms with van der Waals surface area (Å²) >= 11 is 0. The molecule has 1 aromatic rings. The summed E-state index contributed by atoms with van der Waals surface area (Å²) < 4.78 is 52.9. The fourth-order valence-corrected chi connectivity index (χ4v) is 2.96. The van der Waals surface area contributed by atoms with Gasteiger partial charge in [-0.2, -0.15) is 0 Å². The predicted molar refractivity (Wildman–Crippen MR) is 74.0 cm³/mol. The minimum atomic E-state index is -4.02. The normalized spacial score (nSPS) is 11.9. The number of anilines is 1. The standard InChI is InChI=1S/C10H14N2O7S2/c1-19-9-3-2-7(21(11,17)18)6-8(9)12-20(15,16)5-4-10(13)14/h2-3,6,12H,4-5H2,1H3,(H,13,14)(H2,11,17,18). The number of ether oxygens (including phenoxy) is 1. The second-order valence-electron chi connectivity index (χ2n) is 3.97. The number of carboxylic acid groups (broad SMARTS) is 1. The highest BCUT2D eigenvalue weighted by Gasteiger charge is 2.18. The van der Waals surface area contributed by atoms with Gasteiger partial charge in [0.2, 0.25) is 20.0 Å². The van der Waals surface area contributed by atoms with Crippen molar-refractivity contribution in [3.05, 3.63) is 18.2 Å². The SMILES string of the molecule is COc1ccc(S(N)(=O)=O)cc1NS(=O)(=O)CCC(=O)O. The van der Waals surface area contributed by atoms with Crippen molar-refractivity contribution in [1.82, 2.24) is 0 Å². The number of nitrogens with two attached hydrogens (primary N) is 1. The highest BCUT2D eigenvalue weighted by atomic mass is 32.2. The second kappa shape index (κ2) is 6.28. The zero-order valence-electron chi connectivity index (χ0n) is 10.9. The monoisotopic (exact) mass is 338 g/mol. The summed E-state index contributed by atoms with van der Waals surface area (Å²) in [5, 5.41) is 13.4. The van der Waals surface area contributed by atoms with Crippen molar-refractivity contribution in [3.63, 3.8) is 0 Å². The summed E-state index contributed by atoms with van der Waals surface area (Å²) in [5.74, 6) is -1.86. The zero-order chi connectivity index (χ0) is 16.3. The molecule has 0 spiro atoms. The first-order valence-corrected chi connectivity index (χ1v) is 8.68. The lowest BCUT2D eigenvalue weighted by Crippen LogP contribution is -2.20. The van der Waals surface area contributed by atoms with Gasteiger partial charge in [0.05, 0.1) is 29.9 Å². The van der Waals surface area contributed by atoms with Gasteiger partial charge in [0, 0.05) is 0 Å². The van der Waals surface area contributed by atoms with Crippen molar-refractivity contribution in [1.29, 1.82) is 0 Å². The summed E-state index contributed by atoms with van der Waals surface area (Å²) in [4.78, 5) is 10.1. The number of rotatable bonds is 7. The average molecular weight is 338 g/mol. The number of hydrogen-bond acceptors (Lipinski definition) is 6. The van der Waals surface area contributed by atoms with Crippen LogP contribution in [0.2, 0.25) is 0 Å². The Bertz CT molecular complexity index is 741. The lowest BCUT2D eigenvalue weighted by atomic mass is 10.3. The topological polar surface area (TPSA) is 153 Å². The molecule has 9 nitrogen and oxygen atoms in total. The van der Waals surface area contributed by atoms with Crippen molar-refractivity contribution < 1.29 is 31.5 Å². The lowest BCUT2D eigenvalue weighted by molar-refractivity contribution is -0.136. The average Bonchev–Trinajstić information content (AvgIpc) is 2.35. The molecule has 0 atom stereocenters. The molecule has 0 saturated heterocycles. The van der Waals surface area contributed by atoms with Crippen LogP contribution < -0.4 is 14.6 Å². The van der Waals surface area contributed by atoms with Gasteiger partial charge in [-0.15, -0.1) is 0 Å². The van der Waals surface area contributed by atoms with Crippen molar-refractivity contribution in [2.24, 2.45) is 5.14 Å². The second-order valence-corrected chi connectivity index (χ2v) is 7.38. The number of hydrogen-bond donors (Lipinski definition) is 3. The maximum absolute atomic E-state index is 11.7. The van der Waals surface area contributed by atoms with E-state index < -0.39 is 38.2 Å². The first-order chi connectivity index (χ1) is 9.55. The van der Waals surface area contributed by atoms with E-state index in [0.29, 0.717) is 0 Å². The van der Waals surface area contributed by atoms with Crippen molar-refractivity contribution in [3.8, 4) is 5.75 Å². The molecule has 0 aliphatic heterocycles. The summed E-state index contributed by atoms with van der Waals surface area (Å²) in [6.07, 6.45) is -0.591. The molecule has 118 valence electrons. The van der Waals surface area contributed by atoms with Crippen LogP contribution in [0.3, 0.4) is 0 Å². The third-order valence-electron chi connectivity index (χ3n) is 2.35. The van der Waals surface area contributed by atoms with E-state index in [4.69, 9.17) is 15.0 Å². The number of carbonyl (C=O) groups is 1. The minimum Gasteiger partial charge on any atom is -0.495 e. The van der Waals surface area contributed by atoms with E-state index in [1.54, 1.807) is 0 Å². The van der Waals surface area contributed by atoms with Gasteiger partial charge in [-0.05, 0) is 18.2 Å². The molecule has 0 aliphatic carbocycles. The molecule has 21 heavy (non-hydrogen) atoms. The van der Waals surface area contributed by atoms with E-state index in [1.807, 2.05) is 0 Å². The molecule has 0 bridgehead atoms. The Morgan fingerprint density at radius 2 is 1.95 bits per heavy atom. The summed E-state index contributed by atoms with van der Waals surface area (Å²) in [6.45, 7) is 0. The van der Waals surface area contributed by atoms with Gasteiger partial charge in [-0.1, -0.05) is 0 Å². The summed E-state index contributed by atoms with van der Waals surface area (Å²) in [5.41, 5.74) is -0.144. The molecule has 0 unspecified atom stereocenters. The Hall–Kier alpha value is -1.85. The molecule has 0 saturated carbocycles. The van der Waals surface area contributed by atoms with Crippen LogP contribution >= 0.6 is 0 Å². The molecule has 4 N–H and O–H groups in total. The van der Waals surface area contributed by atoms with Crippen LogP contribution in [0.15, 0.2) is 23.1 Å². The van der Waals surface area contributed by atoms with Crippen molar-refractivity contribution >= 4 is 31.7 Å². The van der Waals surface area contributed by atoms with E-state index in [9.17, 15) is 21.6 Å². The highest BCUT2D eigenvalue weighted by Crippen LogP contribution is 2.28. The van der Waals surface area contributed by atoms with Gasteiger partial charge >= 0.3 is 5.97 Å². The Kier molecular flexibility index (Phi) is 5.15. The fourth-order valence-electron chi connectivity index (χ4n) is 1.38. The summed E-state index contributed by atoms with van der Waals surface area (Å²) in [6, 6.07) is 3.38. The molecule has 0 aliphatic rings.